The van der Waals surface area contributed by atoms with E-state index < -0.39 is 23.4 Å². The van der Waals surface area contributed by atoms with Crippen molar-refractivity contribution in [3.63, 3.8) is 0 Å². The molecule has 0 saturated heterocycles. The second kappa shape index (κ2) is 12.2. The van der Waals surface area contributed by atoms with E-state index in [2.05, 4.69) is 15.6 Å². The highest BCUT2D eigenvalue weighted by Crippen LogP contribution is 2.24. The molecule has 10 heteroatoms. The van der Waals surface area contributed by atoms with E-state index >= 15 is 0 Å². The molecule has 2 amide bonds. The summed E-state index contributed by atoms with van der Waals surface area (Å²) in [6, 6.07) is 3.07. The van der Waals surface area contributed by atoms with Crippen LogP contribution in [-0.4, -0.2) is 64.5 Å². The maximum Gasteiger partial charge on any atom is 0.340 e. The molecule has 29 heavy (non-hydrogen) atoms. The minimum atomic E-state index is -1.25. The van der Waals surface area contributed by atoms with Crippen molar-refractivity contribution >= 4 is 34.7 Å². The fourth-order valence-corrected chi connectivity index (χ4v) is 2.67. The molecule has 0 aliphatic rings. The largest absolute Gasteiger partial charge is 0.448 e. The second-order valence-corrected chi connectivity index (χ2v) is 8.18. The van der Waals surface area contributed by atoms with E-state index in [4.69, 9.17) is 4.74 Å². The Morgan fingerprint density at radius 2 is 1.97 bits per heavy atom. The highest BCUT2D eigenvalue weighted by molar-refractivity contribution is 8.13. The molecule has 160 valence electrons. The summed E-state index contributed by atoms with van der Waals surface area (Å²) in [5.41, 5.74) is -0.851. The van der Waals surface area contributed by atoms with E-state index in [1.807, 2.05) is 0 Å². The summed E-state index contributed by atoms with van der Waals surface area (Å²) >= 11 is 1.11. The van der Waals surface area contributed by atoms with Gasteiger partial charge >= 0.3 is 5.97 Å². The lowest BCUT2D eigenvalue weighted by Gasteiger charge is -2.30. The number of carbonyl (C=O) groups is 4. The van der Waals surface area contributed by atoms with Crippen LogP contribution in [0.5, 0.6) is 0 Å². The van der Waals surface area contributed by atoms with Gasteiger partial charge < -0.3 is 20.5 Å². The van der Waals surface area contributed by atoms with E-state index in [1.165, 1.54) is 25.4 Å². The predicted molar refractivity (Wildman–Crippen MR) is 108 cm³/mol. The number of amides is 2. The molecule has 0 aliphatic heterocycles. The average Bonchev–Trinajstić information content (AvgIpc) is 2.69. The number of ether oxygens (including phenoxy) is 1. The van der Waals surface area contributed by atoms with E-state index in [-0.39, 0.29) is 36.2 Å². The van der Waals surface area contributed by atoms with Crippen molar-refractivity contribution < 1.29 is 29.0 Å². The number of aromatic nitrogens is 1. The van der Waals surface area contributed by atoms with Crippen LogP contribution in [0.15, 0.2) is 24.5 Å². The van der Waals surface area contributed by atoms with Crippen LogP contribution in [0, 0.1) is 5.41 Å². The van der Waals surface area contributed by atoms with Gasteiger partial charge in [-0.2, -0.15) is 0 Å². The molecule has 0 fully saturated rings. The number of pyridine rings is 1. The molecular weight excluding hydrogens is 398 g/mol. The average molecular weight is 426 g/mol. The SMILES string of the molecule is CC(=O)SCCNC(=O)CCNC(=O)[C@H](OC(=O)c1cccnc1)C(C)(C)CO. The molecule has 1 heterocycles. The molecule has 0 aliphatic carbocycles. The zero-order chi connectivity index (χ0) is 21.9. The molecule has 0 bridgehead atoms. The first-order chi connectivity index (χ1) is 13.7. The smallest absolute Gasteiger partial charge is 0.340 e. The Hall–Kier alpha value is -2.46. The van der Waals surface area contributed by atoms with E-state index in [1.54, 1.807) is 19.9 Å². The summed E-state index contributed by atoms with van der Waals surface area (Å²) in [4.78, 5) is 51.2. The number of hydrogen-bond acceptors (Lipinski definition) is 8. The summed E-state index contributed by atoms with van der Waals surface area (Å²) in [5.74, 6) is -1.15. The van der Waals surface area contributed by atoms with Gasteiger partial charge in [0.05, 0.1) is 12.2 Å². The first-order valence-corrected chi connectivity index (χ1v) is 10.1. The third kappa shape index (κ3) is 9.05. The third-order valence-corrected chi connectivity index (χ3v) is 4.67. The van der Waals surface area contributed by atoms with Gasteiger partial charge in [0.25, 0.3) is 5.91 Å². The Morgan fingerprint density at radius 3 is 2.55 bits per heavy atom. The van der Waals surface area contributed by atoms with Gasteiger partial charge in [0.1, 0.15) is 0 Å². The molecule has 0 spiro atoms. The van der Waals surface area contributed by atoms with Gasteiger partial charge in [-0.3, -0.25) is 19.4 Å². The minimum Gasteiger partial charge on any atom is -0.448 e. The number of aliphatic hydroxyl groups excluding tert-OH is 1. The lowest BCUT2D eigenvalue weighted by atomic mass is 9.86. The first kappa shape index (κ1) is 24.6. The maximum atomic E-state index is 12.5. The number of thioether (sulfide) groups is 1. The Balaban J connectivity index is 2.57. The topological polar surface area (TPSA) is 135 Å². The van der Waals surface area contributed by atoms with Crippen LogP contribution in [-0.2, 0) is 19.1 Å². The number of nitrogens with one attached hydrogen (secondary N) is 2. The summed E-state index contributed by atoms with van der Waals surface area (Å²) in [6.07, 6.45) is 1.59. The van der Waals surface area contributed by atoms with Crippen molar-refractivity contribution in [1.29, 1.82) is 0 Å². The monoisotopic (exact) mass is 425 g/mol. The number of rotatable bonds is 11. The van der Waals surface area contributed by atoms with Gasteiger partial charge in [-0.05, 0) is 12.1 Å². The minimum absolute atomic E-state index is 0.0233. The van der Waals surface area contributed by atoms with Gasteiger partial charge in [-0.15, -0.1) is 0 Å². The summed E-state index contributed by atoms with van der Waals surface area (Å²) in [5, 5.41) is 14.8. The Labute approximate surface area is 174 Å². The highest BCUT2D eigenvalue weighted by atomic mass is 32.2. The molecule has 1 rings (SSSR count). The van der Waals surface area contributed by atoms with Crippen LogP contribution in [0.2, 0.25) is 0 Å². The fourth-order valence-electron chi connectivity index (χ4n) is 2.17. The Morgan fingerprint density at radius 1 is 1.24 bits per heavy atom. The second-order valence-electron chi connectivity index (χ2n) is 6.90. The number of carbonyl (C=O) groups excluding carboxylic acids is 4. The number of esters is 1. The van der Waals surface area contributed by atoms with Crippen LogP contribution in [0.25, 0.3) is 0 Å². The first-order valence-electron chi connectivity index (χ1n) is 9.07. The Kier molecular flexibility index (Phi) is 10.3. The van der Waals surface area contributed by atoms with E-state index in [0.717, 1.165) is 11.8 Å². The van der Waals surface area contributed by atoms with Gasteiger partial charge in [-0.25, -0.2) is 4.79 Å². The number of nitrogens with zero attached hydrogens (tertiary/aromatic N) is 1. The molecule has 1 aromatic heterocycles. The van der Waals surface area contributed by atoms with Gasteiger partial charge in [0.2, 0.25) is 5.91 Å². The summed E-state index contributed by atoms with van der Waals surface area (Å²) in [6.45, 7) is 4.63. The van der Waals surface area contributed by atoms with Crippen LogP contribution in [0.1, 0.15) is 37.6 Å². The van der Waals surface area contributed by atoms with E-state index in [9.17, 15) is 24.3 Å². The molecule has 1 aromatic rings. The summed E-state index contributed by atoms with van der Waals surface area (Å²) in [7, 11) is 0. The van der Waals surface area contributed by atoms with Gasteiger partial charge in [-0.1, -0.05) is 25.6 Å². The maximum absolute atomic E-state index is 12.5. The molecule has 9 nitrogen and oxygen atoms in total. The molecule has 3 N–H and O–H groups in total. The lowest BCUT2D eigenvalue weighted by Crippen LogP contribution is -2.48. The van der Waals surface area contributed by atoms with Gasteiger partial charge in [0.15, 0.2) is 11.2 Å². The van der Waals surface area contributed by atoms with Crippen molar-refractivity contribution in [2.24, 2.45) is 5.41 Å². The standard InChI is InChI=1S/C19H27N3O6S/c1-13(24)29-10-9-21-15(25)6-8-22-17(26)16(19(2,3)12-23)28-18(27)14-5-4-7-20-11-14/h4-5,7,11,16,23H,6,8-10,12H2,1-3H3,(H,21,25)(H,22,26)/t16-/m0/s1. The van der Waals surface area contributed by atoms with Crippen molar-refractivity contribution in [3.8, 4) is 0 Å². The number of aliphatic hydroxyl groups is 1. The molecule has 0 radical (unpaired) electrons. The molecule has 1 atom stereocenters. The molecule has 0 unspecified atom stereocenters. The molecule has 0 aromatic carbocycles. The normalized spacial score (nSPS) is 12.0. The zero-order valence-corrected chi connectivity index (χ0v) is 17.6. The van der Waals surface area contributed by atoms with Crippen LogP contribution in [0.4, 0.5) is 0 Å². The van der Waals surface area contributed by atoms with Crippen molar-refractivity contribution in [3.05, 3.63) is 30.1 Å². The summed E-state index contributed by atoms with van der Waals surface area (Å²) < 4.78 is 5.33. The number of hydrogen-bond donors (Lipinski definition) is 3. The van der Waals surface area contributed by atoms with Crippen LogP contribution in [0.3, 0.4) is 0 Å². The lowest BCUT2D eigenvalue weighted by molar-refractivity contribution is -0.138. The zero-order valence-electron chi connectivity index (χ0n) is 16.8. The van der Waals surface area contributed by atoms with Crippen molar-refractivity contribution in [1.82, 2.24) is 15.6 Å². The van der Waals surface area contributed by atoms with Crippen LogP contribution >= 0.6 is 11.8 Å². The Bertz CT molecular complexity index is 711. The fraction of sp³-hybridized carbons (Fsp3) is 0.526. The molecular formula is C19H27N3O6S. The van der Waals surface area contributed by atoms with E-state index in [0.29, 0.717) is 12.3 Å². The van der Waals surface area contributed by atoms with Crippen LogP contribution < -0.4 is 10.6 Å². The van der Waals surface area contributed by atoms with Crippen molar-refractivity contribution in [2.75, 3.05) is 25.4 Å². The van der Waals surface area contributed by atoms with Gasteiger partial charge in [0, 0.05) is 50.0 Å². The predicted octanol–water partition coefficient (Wildman–Crippen LogP) is 0.528. The molecule has 0 saturated carbocycles. The quantitative estimate of drug-likeness (QED) is 0.345. The third-order valence-electron chi connectivity index (χ3n) is 3.86. The van der Waals surface area contributed by atoms with Crippen molar-refractivity contribution in [2.45, 2.75) is 33.3 Å². The highest BCUT2D eigenvalue weighted by Gasteiger charge is 2.38.